The predicted molar refractivity (Wildman–Crippen MR) is 408 cm³/mol. The molecule has 580 valence electrons. The standard InChI is InChI=1S/C90H112O18/c1-7-37-73-52-35-12-10-9-11-13-36-53-74(91)105-84-80(92-54-8-2)76(94-56-67-40-23-15-24-41-67)63(4)102-89(84)106-82-78(96-58-69-44-27-17-28-45-69)65(6)103-90(107-85-81(98-60-71-48-31-19-32-49-71)77(64(5)101-88(85)104-73)95-57-68-42-25-16-26-43-68)86(82)108-87-83(99-61-72-50-33-20-34-51-72)79(97-59-70-46-29-18-30-47-70)75(62(3)100-87)93-55-66-38-21-14-22-39-66/h8,14-34,38-51,62-65,73,75-90H,2,7,9-13,35-37,52-61H2,1,3-6H3/t62-,63+,64+,65+,73-,75-,76+,77+,78+,79+,80-,81-,82-,83+,84+,85+,86+,87-,88-,89-,90-/m0/s1. The highest BCUT2D eigenvalue weighted by Gasteiger charge is 2.59. The lowest BCUT2D eigenvalue weighted by Gasteiger charge is -2.52. The summed E-state index contributed by atoms with van der Waals surface area (Å²) in [4.78, 5) is 14.9. The number of esters is 1. The summed E-state index contributed by atoms with van der Waals surface area (Å²) in [5, 5.41) is 0. The number of hydrogen-bond acceptors (Lipinski definition) is 18. The first-order chi connectivity index (χ1) is 53.0. The lowest BCUT2D eigenvalue weighted by atomic mass is 9.95. The van der Waals surface area contributed by atoms with Gasteiger partial charge in [0.05, 0.1) is 83.4 Å². The van der Waals surface area contributed by atoms with E-state index in [1.807, 2.05) is 240 Å². The molecule has 0 aliphatic carbocycles. The van der Waals surface area contributed by atoms with Crippen LogP contribution in [0.5, 0.6) is 0 Å². The molecule has 108 heavy (non-hydrogen) atoms. The first-order valence-electron chi connectivity index (χ1n) is 39.3. The third kappa shape index (κ3) is 23.1. The quantitative estimate of drug-likeness (QED) is 0.0334. The summed E-state index contributed by atoms with van der Waals surface area (Å²) < 4.78 is 124. The highest BCUT2D eigenvalue weighted by atomic mass is 16.8. The molecule has 5 aliphatic heterocycles. The van der Waals surface area contributed by atoms with Crippen LogP contribution in [0.2, 0.25) is 0 Å². The number of carbonyl (C=O) groups excluding carboxylic acids is 1. The Hall–Kier alpha value is -6.89. The normalized spacial score (nSPS) is 31.2. The van der Waals surface area contributed by atoms with Gasteiger partial charge < -0.3 is 80.5 Å². The van der Waals surface area contributed by atoms with E-state index < -0.39 is 129 Å². The van der Waals surface area contributed by atoms with Crippen LogP contribution in [0.25, 0.3) is 0 Å². The van der Waals surface area contributed by atoms with E-state index in [0.717, 1.165) is 96.7 Å². The molecule has 5 fully saturated rings. The van der Waals surface area contributed by atoms with E-state index in [9.17, 15) is 4.79 Å². The lowest BCUT2D eigenvalue weighted by molar-refractivity contribution is -0.414. The minimum absolute atomic E-state index is 0.0846. The second kappa shape index (κ2) is 42.5. The number of carbonyl (C=O) groups is 1. The molecule has 5 aliphatic rings. The fourth-order valence-electron chi connectivity index (χ4n) is 15.1. The number of rotatable bonds is 28. The van der Waals surface area contributed by atoms with Crippen molar-refractivity contribution in [1.29, 1.82) is 0 Å². The van der Waals surface area contributed by atoms with Crippen molar-refractivity contribution in [2.24, 2.45) is 0 Å². The Balaban J connectivity index is 1.03. The van der Waals surface area contributed by atoms with Gasteiger partial charge in [0.15, 0.2) is 31.3 Å². The van der Waals surface area contributed by atoms with Crippen molar-refractivity contribution < 1.29 is 85.3 Å². The molecule has 18 nitrogen and oxygen atoms in total. The average Bonchev–Trinajstić information content (AvgIpc) is 0.648. The fourth-order valence-corrected chi connectivity index (χ4v) is 15.1. The van der Waals surface area contributed by atoms with Gasteiger partial charge in [0, 0.05) is 6.42 Å². The zero-order chi connectivity index (χ0) is 74.7. The lowest BCUT2D eigenvalue weighted by Crippen LogP contribution is -2.68. The molecule has 18 heteroatoms. The van der Waals surface area contributed by atoms with Crippen molar-refractivity contribution in [2.75, 3.05) is 6.61 Å². The third-order valence-electron chi connectivity index (χ3n) is 20.8. The average molecular weight is 1480 g/mol. The third-order valence-corrected chi connectivity index (χ3v) is 20.8. The highest BCUT2D eigenvalue weighted by molar-refractivity contribution is 5.69. The van der Waals surface area contributed by atoms with Crippen LogP contribution in [0, 0.1) is 0 Å². The molecule has 7 aromatic rings. The zero-order valence-corrected chi connectivity index (χ0v) is 63.4. The van der Waals surface area contributed by atoms with Crippen molar-refractivity contribution >= 4 is 5.97 Å². The van der Waals surface area contributed by atoms with Gasteiger partial charge in [-0.3, -0.25) is 4.79 Å². The van der Waals surface area contributed by atoms with Gasteiger partial charge in [-0.1, -0.05) is 270 Å². The van der Waals surface area contributed by atoms with Gasteiger partial charge in [0.1, 0.15) is 67.1 Å². The summed E-state index contributed by atoms with van der Waals surface area (Å²) in [6.07, 6.45) is -9.51. The van der Waals surface area contributed by atoms with E-state index in [4.69, 9.17) is 80.5 Å². The Kier molecular flexibility index (Phi) is 31.7. The minimum atomic E-state index is -1.42. The van der Waals surface area contributed by atoms with Crippen LogP contribution in [0.4, 0.5) is 0 Å². The van der Waals surface area contributed by atoms with Gasteiger partial charge in [0.2, 0.25) is 0 Å². The van der Waals surface area contributed by atoms with Gasteiger partial charge in [-0.05, 0) is 85.9 Å². The molecule has 2 bridgehead atoms. The molecular weight excluding hydrogens is 1370 g/mol. The number of benzene rings is 7. The number of ether oxygens (including phenoxy) is 17. The van der Waals surface area contributed by atoms with Crippen molar-refractivity contribution in [3.8, 4) is 0 Å². The van der Waals surface area contributed by atoms with Crippen LogP contribution in [-0.2, 0) is 132 Å². The molecule has 0 N–H and O–H groups in total. The highest BCUT2D eigenvalue weighted by Crippen LogP contribution is 2.42. The van der Waals surface area contributed by atoms with Crippen molar-refractivity contribution in [1.82, 2.24) is 0 Å². The zero-order valence-electron chi connectivity index (χ0n) is 63.4. The smallest absolute Gasteiger partial charge is 0.306 e. The maximum atomic E-state index is 14.9. The van der Waals surface area contributed by atoms with E-state index in [1.54, 1.807) is 6.08 Å². The Morgan fingerprint density at radius 1 is 0.343 bits per heavy atom. The monoisotopic (exact) mass is 1480 g/mol. The van der Waals surface area contributed by atoms with Crippen molar-refractivity contribution in [2.45, 2.75) is 280 Å². The summed E-state index contributed by atoms with van der Waals surface area (Å²) in [5.74, 6) is -0.437. The molecule has 21 atom stereocenters. The van der Waals surface area contributed by atoms with E-state index in [1.165, 1.54) is 0 Å². The summed E-state index contributed by atoms with van der Waals surface area (Å²) in [5.41, 5.74) is 6.53. The van der Waals surface area contributed by atoms with E-state index in [0.29, 0.717) is 6.42 Å². The molecule has 0 spiro atoms. The fraction of sp³-hybridized carbons (Fsp3) is 0.500. The molecule has 0 amide bonds. The molecule has 7 aromatic carbocycles. The van der Waals surface area contributed by atoms with Crippen molar-refractivity contribution in [3.63, 3.8) is 0 Å². The molecule has 12 rings (SSSR count). The van der Waals surface area contributed by atoms with Crippen LogP contribution in [-0.4, -0.2) is 142 Å². The Morgan fingerprint density at radius 2 is 0.685 bits per heavy atom. The summed E-state index contributed by atoms with van der Waals surface area (Å²) >= 11 is 0. The largest absolute Gasteiger partial charge is 0.454 e. The van der Waals surface area contributed by atoms with Gasteiger partial charge in [-0.25, -0.2) is 0 Å². The summed E-state index contributed by atoms with van der Waals surface area (Å²) in [7, 11) is 0. The van der Waals surface area contributed by atoms with Gasteiger partial charge in [-0.15, -0.1) is 6.58 Å². The number of hydrogen-bond donors (Lipinski definition) is 0. The molecule has 0 saturated carbocycles. The van der Waals surface area contributed by atoms with Crippen LogP contribution >= 0.6 is 0 Å². The van der Waals surface area contributed by atoms with Crippen LogP contribution in [0.15, 0.2) is 225 Å². The predicted octanol–water partition coefficient (Wildman–Crippen LogP) is 16.4. The number of fused-ring (bicyclic) bond motifs is 4. The van der Waals surface area contributed by atoms with Gasteiger partial charge >= 0.3 is 5.97 Å². The van der Waals surface area contributed by atoms with Crippen LogP contribution in [0.3, 0.4) is 0 Å². The first kappa shape index (κ1) is 80.6. The second-order valence-corrected chi connectivity index (χ2v) is 29.1. The van der Waals surface area contributed by atoms with Gasteiger partial charge in [-0.2, -0.15) is 0 Å². The maximum absolute atomic E-state index is 14.9. The van der Waals surface area contributed by atoms with Gasteiger partial charge in [0.25, 0.3) is 0 Å². The molecule has 5 saturated heterocycles. The van der Waals surface area contributed by atoms with E-state index in [2.05, 4.69) is 13.5 Å². The minimum Gasteiger partial charge on any atom is -0.454 e. The maximum Gasteiger partial charge on any atom is 0.306 e. The topological polar surface area (TPSA) is 174 Å². The second-order valence-electron chi connectivity index (χ2n) is 29.1. The Bertz CT molecular complexity index is 3650. The summed E-state index contributed by atoms with van der Waals surface area (Å²) in [6.45, 7) is 15.5. The first-order valence-corrected chi connectivity index (χ1v) is 39.3. The molecule has 0 radical (unpaired) electrons. The summed E-state index contributed by atoms with van der Waals surface area (Å²) in [6, 6.07) is 70.0. The Labute approximate surface area is 639 Å². The Morgan fingerprint density at radius 3 is 1.13 bits per heavy atom. The van der Waals surface area contributed by atoms with Crippen molar-refractivity contribution in [3.05, 3.63) is 264 Å². The van der Waals surface area contributed by atoms with E-state index in [-0.39, 0.29) is 65.4 Å². The molecule has 5 heterocycles. The van der Waals surface area contributed by atoms with Crippen LogP contribution < -0.4 is 0 Å². The molecule has 0 unspecified atom stereocenters. The van der Waals surface area contributed by atoms with Crippen LogP contribution in [0.1, 0.15) is 144 Å². The SMILES string of the molecule is C=CCO[C@@H]1[C@H]2OC(=O)CCCCCCCCC[C@H](CCC)O[C@@H]3O[C@H](C)[C@@H](OCc4ccccc4)[C@H](OCc4ccccc4)[C@H]3O[C@@H]3O[C@H](C)[C@@H](OCc4ccccc4)[C@H](O[C@@H]2O[C@H](C)[C@H]1OCc1ccccc1)[C@H]3O[C@@H]1O[C@@H](C)[C@H](OCc2ccccc2)[C@@H](OCc2ccccc2)[C@H]1OCc1ccccc1. The molecular formula is C90H112O18. The molecule has 0 aromatic heterocycles. The van der Waals surface area contributed by atoms with E-state index >= 15 is 0 Å².